The molecule has 0 spiro atoms. The zero-order chi connectivity index (χ0) is 13.8. The van der Waals surface area contributed by atoms with Crippen molar-refractivity contribution in [2.75, 3.05) is 17.2 Å². The van der Waals surface area contributed by atoms with Crippen LogP contribution in [0.5, 0.6) is 0 Å². The molecule has 0 aliphatic rings. The lowest BCUT2D eigenvalue weighted by Gasteiger charge is -2.10. The Balaban J connectivity index is 2.28. The number of anilines is 3. The summed E-state index contributed by atoms with van der Waals surface area (Å²) in [5.74, 6) is 0.118. The summed E-state index contributed by atoms with van der Waals surface area (Å²) in [5, 5.41) is 5.94. The Labute approximate surface area is 112 Å². The average Bonchev–Trinajstić information content (AvgIpc) is 2.32. The summed E-state index contributed by atoms with van der Waals surface area (Å²) in [6.07, 6.45) is 1.16. The van der Waals surface area contributed by atoms with Crippen LogP contribution in [0.1, 0.15) is 18.1 Å². The maximum absolute atomic E-state index is 13.7. The monoisotopic (exact) mass is 260 g/mol. The molecule has 0 bridgehead atoms. The summed E-state index contributed by atoms with van der Waals surface area (Å²) < 4.78 is 13.7. The van der Waals surface area contributed by atoms with E-state index in [1.54, 1.807) is 0 Å². The lowest BCUT2D eigenvalue weighted by Crippen LogP contribution is -2.06. The molecule has 1 heterocycles. The van der Waals surface area contributed by atoms with Crippen LogP contribution in [0.2, 0.25) is 0 Å². The summed E-state index contributed by atoms with van der Waals surface area (Å²) in [4.78, 5) is 7.98. The fourth-order valence-electron chi connectivity index (χ4n) is 1.88. The molecule has 0 aliphatic carbocycles. The number of benzene rings is 1. The molecule has 1 aromatic carbocycles. The van der Waals surface area contributed by atoms with Gasteiger partial charge in [0.15, 0.2) is 11.6 Å². The molecule has 1 aromatic heterocycles. The third kappa shape index (κ3) is 3.40. The standard InChI is InChI=1S/C14H17FN4/c1-4-16-14-17-8-12(15)13(19-14)18-11-6-9(2)5-10(3)7-11/h5-8H,4H2,1-3H3,(H2,16,17,18,19). The molecule has 100 valence electrons. The molecular weight excluding hydrogens is 243 g/mol. The normalized spacial score (nSPS) is 10.3. The van der Waals surface area contributed by atoms with Gasteiger partial charge in [0.1, 0.15) is 0 Å². The van der Waals surface area contributed by atoms with Crippen molar-refractivity contribution in [1.82, 2.24) is 9.97 Å². The Bertz CT molecular complexity index is 563. The van der Waals surface area contributed by atoms with Crippen LogP contribution < -0.4 is 10.6 Å². The number of nitrogens with one attached hydrogen (secondary N) is 2. The lowest BCUT2D eigenvalue weighted by molar-refractivity contribution is 0.619. The minimum absolute atomic E-state index is 0.177. The molecular formula is C14H17FN4. The van der Waals surface area contributed by atoms with E-state index in [0.29, 0.717) is 12.5 Å². The molecule has 19 heavy (non-hydrogen) atoms. The van der Waals surface area contributed by atoms with Gasteiger partial charge < -0.3 is 10.6 Å². The lowest BCUT2D eigenvalue weighted by atomic mass is 10.1. The van der Waals surface area contributed by atoms with Crippen LogP contribution in [0.3, 0.4) is 0 Å². The van der Waals surface area contributed by atoms with E-state index in [4.69, 9.17) is 0 Å². The van der Waals surface area contributed by atoms with Crippen LogP contribution >= 0.6 is 0 Å². The molecule has 4 nitrogen and oxygen atoms in total. The topological polar surface area (TPSA) is 49.8 Å². The third-order valence-electron chi connectivity index (χ3n) is 2.56. The number of rotatable bonds is 4. The molecule has 2 aromatic rings. The van der Waals surface area contributed by atoms with E-state index in [1.165, 1.54) is 0 Å². The van der Waals surface area contributed by atoms with Crippen molar-refractivity contribution < 1.29 is 4.39 Å². The first-order valence-corrected chi connectivity index (χ1v) is 6.20. The van der Waals surface area contributed by atoms with Gasteiger partial charge >= 0.3 is 0 Å². The van der Waals surface area contributed by atoms with E-state index >= 15 is 0 Å². The quantitative estimate of drug-likeness (QED) is 0.884. The van der Waals surface area contributed by atoms with Crippen molar-refractivity contribution in [2.45, 2.75) is 20.8 Å². The number of nitrogens with zero attached hydrogens (tertiary/aromatic N) is 2. The Morgan fingerprint density at radius 3 is 2.47 bits per heavy atom. The van der Waals surface area contributed by atoms with Gasteiger partial charge in [-0.3, -0.25) is 0 Å². The fourth-order valence-corrected chi connectivity index (χ4v) is 1.88. The molecule has 0 amide bonds. The Morgan fingerprint density at radius 2 is 1.84 bits per heavy atom. The van der Waals surface area contributed by atoms with Gasteiger partial charge in [0.2, 0.25) is 5.95 Å². The molecule has 0 saturated carbocycles. The average molecular weight is 260 g/mol. The first-order valence-electron chi connectivity index (χ1n) is 6.20. The second-order valence-electron chi connectivity index (χ2n) is 4.42. The Kier molecular flexibility index (Phi) is 3.94. The van der Waals surface area contributed by atoms with E-state index < -0.39 is 5.82 Å². The molecule has 2 rings (SSSR count). The number of hydrogen-bond donors (Lipinski definition) is 2. The highest BCUT2D eigenvalue weighted by molar-refractivity contribution is 5.59. The van der Waals surface area contributed by atoms with E-state index in [1.807, 2.05) is 32.9 Å². The maximum atomic E-state index is 13.7. The van der Waals surface area contributed by atoms with Crippen LogP contribution in [0, 0.1) is 19.7 Å². The van der Waals surface area contributed by atoms with Gasteiger partial charge in [-0.05, 0) is 44.0 Å². The van der Waals surface area contributed by atoms with Gasteiger partial charge in [-0.2, -0.15) is 4.98 Å². The van der Waals surface area contributed by atoms with Gasteiger partial charge in [0.05, 0.1) is 6.20 Å². The zero-order valence-electron chi connectivity index (χ0n) is 11.3. The maximum Gasteiger partial charge on any atom is 0.224 e. The van der Waals surface area contributed by atoms with Crippen molar-refractivity contribution in [1.29, 1.82) is 0 Å². The predicted octanol–water partition coefficient (Wildman–Crippen LogP) is 3.41. The number of hydrogen-bond acceptors (Lipinski definition) is 4. The summed E-state index contributed by atoms with van der Waals surface area (Å²) in [6, 6.07) is 5.95. The second kappa shape index (κ2) is 5.65. The highest BCUT2D eigenvalue weighted by Gasteiger charge is 2.07. The molecule has 0 aliphatic heterocycles. The van der Waals surface area contributed by atoms with Crippen LogP contribution in [0.15, 0.2) is 24.4 Å². The van der Waals surface area contributed by atoms with Gasteiger partial charge in [0.25, 0.3) is 0 Å². The second-order valence-corrected chi connectivity index (χ2v) is 4.42. The SMILES string of the molecule is CCNc1ncc(F)c(Nc2cc(C)cc(C)c2)n1. The summed E-state index contributed by atoms with van der Waals surface area (Å²) in [7, 11) is 0. The summed E-state index contributed by atoms with van der Waals surface area (Å²) in [5.41, 5.74) is 3.05. The predicted molar refractivity (Wildman–Crippen MR) is 75.4 cm³/mol. The van der Waals surface area contributed by atoms with Gasteiger partial charge in [0, 0.05) is 12.2 Å². The van der Waals surface area contributed by atoms with Crippen molar-refractivity contribution in [3.63, 3.8) is 0 Å². The first kappa shape index (κ1) is 13.3. The molecule has 0 atom stereocenters. The zero-order valence-corrected chi connectivity index (χ0v) is 11.3. The smallest absolute Gasteiger partial charge is 0.224 e. The van der Waals surface area contributed by atoms with E-state index in [9.17, 15) is 4.39 Å². The van der Waals surface area contributed by atoms with E-state index in [-0.39, 0.29) is 5.82 Å². The van der Waals surface area contributed by atoms with Gasteiger partial charge in [-0.15, -0.1) is 0 Å². The highest BCUT2D eigenvalue weighted by atomic mass is 19.1. The van der Waals surface area contributed by atoms with Crippen LogP contribution in [-0.2, 0) is 0 Å². The number of halogens is 1. The van der Waals surface area contributed by atoms with Crippen molar-refractivity contribution in [3.8, 4) is 0 Å². The fraction of sp³-hybridized carbons (Fsp3) is 0.286. The van der Waals surface area contributed by atoms with E-state index in [0.717, 1.165) is 23.0 Å². The molecule has 0 saturated heterocycles. The molecule has 2 N–H and O–H groups in total. The molecule has 0 fully saturated rings. The molecule has 0 radical (unpaired) electrons. The van der Waals surface area contributed by atoms with Crippen LogP contribution in [0.4, 0.5) is 21.8 Å². The van der Waals surface area contributed by atoms with Crippen molar-refractivity contribution >= 4 is 17.5 Å². The number of aromatic nitrogens is 2. The van der Waals surface area contributed by atoms with Crippen LogP contribution in [0.25, 0.3) is 0 Å². The van der Waals surface area contributed by atoms with Crippen LogP contribution in [-0.4, -0.2) is 16.5 Å². The molecule has 5 heteroatoms. The minimum Gasteiger partial charge on any atom is -0.354 e. The third-order valence-corrected chi connectivity index (χ3v) is 2.56. The Hall–Kier alpha value is -2.17. The van der Waals surface area contributed by atoms with Crippen molar-refractivity contribution in [2.24, 2.45) is 0 Å². The van der Waals surface area contributed by atoms with Crippen molar-refractivity contribution in [3.05, 3.63) is 41.3 Å². The minimum atomic E-state index is -0.471. The largest absolute Gasteiger partial charge is 0.354 e. The Morgan fingerprint density at radius 1 is 1.16 bits per heavy atom. The first-order chi connectivity index (χ1) is 9.08. The summed E-state index contributed by atoms with van der Waals surface area (Å²) >= 11 is 0. The highest BCUT2D eigenvalue weighted by Crippen LogP contribution is 2.20. The number of aryl methyl sites for hydroxylation is 2. The van der Waals surface area contributed by atoms with Gasteiger partial charge in [-0.25, -0.2) is 9.37 Å². The summed E-state index contributed by atoms with van der Waals surface area (Å²) in [6.45, 7) is 6.62. The van der Waals surface area contributed by atoms with Gasteiger partial charge in [-0.1, -0.05) is 6.07 Å². The molecule has 0 unspecified atom stereocenters. The van der Waals surface area contributed by atoms with E-state index in [2.05, 4.69) is 26.7 Å².